The molecule has 0 spiro atoms. The molecule has 1 fully saturated rings. The van der Waals surface area contributed by atoms with Crippen LogP contribution in [0.1, 0.15) is 22.9 Å². The smallest absolute Gasteiger partial charge is 0.0951 e. The van der Waals surface area contributed by atoms with Crippen LogP contribution in [-0.4, -0.2) is 34.1 Å². The number of benzene rings is 2. The molecule has 3 aromatic rings. The van der Waals surface area contributed by atoms with Gasteiger partial charge in [0.05, 0.1) is 18.1 Å². The fourth-order valence-corrected chi connectivity index (χ4v) is 3.53. The van der Waals surface area contributed by atoms with Gasteiger partial charge in [-0.05, 0) is 11.1 Å². The second kappa shape index (κ2) is 7.64. The standard InChI is InChI=1S/C21H24N4/c1-3-7-18(8-4-1)14-24-12-11-23-20(16-24)21-13-22-17-25(21)15-19-9-5-2-6-10-19/h1-10,13,17,20,23H,11-12,14-16H2. The normalized spacial score (nSPS) is 18.3. The van der Waals surface area contributed by atoms with Crippen molar-refractivity contribution < 1.29 is 0 Å². The van der Waals surface area contributed by atoms with Crippen LogP contribution in [0.2, 0.25) is 0 Å². The fourth-order valence-electron chi connectivity index (χ4n) is 3.53. The lowest BCUT2D eigenvalue weighted by atomic mass is 10.1. The molecule has 0 radical (unpaired) electrons. The molecule has 1 aliphatic rings. The second-order valence-corrected chi connectivity index (χ2v) is 6.66. The van der Waals surface area contributed by atoms with Crippen LogP contribution in [0.25, 0.3) is 0 Å². The summed E-state index contributed by atoms with van der Waals surface area (Å²) in [6.45, 7) is 4.97. The van der Waals surface area contributed by atoms with Crippen LogP contribution in [-0.2, 0) is 13.1 Å². The first-order valence-electron chi connectivity index (χ1n) is 8.92. The summed E-state index contributed by atoms with van der Waals surface area (Å²) >= 11 is 0. The zero-order valence-electron chi connectivity index (χ0n) is 14.4. The molecule has 0 bridgehead atoms. The van der Waals surface area contributed by atoms with Crippen molar-refractivity contribution in [1.29, 1.82) is 0 Å². The van der Waals surface area contributed by atoms with Crippen LogP contribution < -0.4 is 5.32 Å². The molecule has 0 saturated carbocycles. The molecular weight excluding hydrogens is 308 g/mol. The Balaban J connectivity index is 1.46. The van der Waals surface area contributed by atoms with Crippen molar-refractivity contribution in [3.63, 3.8) is 0 Å². The predicted molar refractivity (Wildman–Crippen MR) is 100 cm³/mol. The molecule has 128 valence electrons. The van der Waals surface area contributed by atoms with Crippen LogP contribution in [0, 0.1) is 0 Å². The topological polar surface area (TPSA) is 33.1 Å². The quantitative estimate of drug-likeness (QED) is 0.779. The third-order valence-corrected chi connectivity index (χ3v) is 4.81. The van der Waals surface area contributed by atoms with Gasteiger partial charge in [0.25, 0.3) is 0 Å². The van der Waals surface area contributed by atoms with Gasteiger partial charge in [0.1, 0.15) is 0 Å². The van der Waals surface area contributed by atoms with E-state index in [1.165, 1.54) is 16.8 Å². The Labute approximate surface area is 149 Å². The summed E-state index contributed by atoms with van der Waals surface area (Å²) < 4.78 is 2.26. The molecule has 1 saturated heterocycles. The highest BCUT2D eigenvalue weighted by Crippen LogP contribution is 2.19. The van der Waals surface area contributed by atoms with E-state index in [1.54, 1.807) is 0 Å². The Bertz CT molecular complexity index is 782. The van der Waals surface area contributed by atoms with Gasteiger partial charge in [-0.1, -0.05) is 60.7 Å². The lowest BCUT2D eigenvalue weighted by Gasteiger charge is -2.34. The van der Waals surface area contributed by atoms with Crippen LogP contribution in [0.15, 0.2) is 73.2 Å². The van der Waals surface area contributed by atoms with E-state index in [0.717, 1.165) is 32.7 Å². The van der Waals surface area contributed by atoms with Crippen LogP contribution in [0.5, 0.6) is 0 Å². The number of hydrogen-bond acceptors (Lipinski definition) is 3. The Morgan fingerprint density at radius 2 is 1.60 bits per heavy atom. The van der Waals surface area contributed by atoms with Gasteiger partial charge in [-0.3, -0.25) is 4.90 Å². The summed E-state index contributed by atoms with van der Waals surface area (Å²) in [5.74, 6) is 0. The van der Waals surface area contributed by atoms with E-state index in [1.807, 2.05) is 12.5 Å². The number of piperazine rings is 1. The van der Waals surface area contributed by atoms with Crippen LogP contribution in [0.3, 0.4) is 0 Å². The van der Waals surface area contributed by atoms with E-state index in [9.17, 15) is 0 Å². The Hall–Kier alpha value is -2.43. The molecule has 4 heteroatoms. The highest BCUT2D eigenvalue weighted by atomic mass is 15.2. The van der Waals surface area contributed by atoms with Gasteiger partial charge in [-0.2, -0.15) is 0 Å². The molecular formula is C21H24N4. The maximum Gasteiger partial charge on any atom is 0.0951 e. The number of aromatic nitrogens is 2. The lowest BCUT2D eigenvalue weighted by Crippen LogP contribution is -2.45. The SMILES string of the molecule is c1ccc(CN2CCNC(c3cncn3Cc3ccccc3)C2)cc1. The highest BCUT2D eigenvalue weighted by Gasteiger charge is 2.23. The Morgan fingerprint density at radius 1 is 0.920 bits per heavy atom. The van der Waals surface area contributed by atoms with E-state index >= 15 is 0 Å². The van der Waals surface area contributed by atoms with Crippen molar-refractivity contribution >= 4 is 0 Å². The highest BCUT2D eigenvalue weighted by molar-refractivity contribution is 5.18. The first kappa shape index (κ1) is 16.1. The molecule has 1 atom stereocenters. The van der Waals surface area contributed by atoms with Crippen molar-refractivity contribution in [2.24, 2.45) is 0 Å². The molecule has 1 aromatic heterocycles. The summed E-state index contributed by atoms with van der Waals surface area (Å²) in [6.07, 6.45) is 3.95. The van der Waals surface area contributed by atoms with Gasteiger partial charge in [0, 0.05) is 38.9 Å². The molecule has 4 rings (SSSR count). The number of imidazole rings is 1. The number of hydrogen-bond donors (Lipinski definition) is 1. The molecule has 1 N–H and O–H groups in total. The largest absolute Gasteiger partial charge is 0.329 e. The minimum Gasteiger partial charge on any atom is -0.329 e. The summed E-state index contributed by atoms with van der Waals surface area (Å²) in [5, 5.41) is 3.66. The molecule has 2 heterocycles. The Morgan fingerprint density at radius 3 is 2.32 bits per heavy atom. The van der Waals surface area contributed by atoms with Gasteiger partial charge in [0.2, 0.25) is 0 Å². The first-order valence-corrected chi connectivity index (χ1v) is 8.92. The van der Waals surface area contributed by atoms with E-state index in [4.69, 9.17) is 0 Å². The lowest BCUT2D eigenvalue weighted by molar-refractivity contribution is 0.189. The van der Waals surface area contributed by atoms with Gasteiger partial charge < -0.3 is 9.88 Å². The van der Waals surface area contributed by atoms with E-state index in [2.05, 4.69) is 80.4 Å². The van der Waals surface area contributed by atoms with Crippen molar-refractivity contribution in [3.8, 4) is 0 Å². The maximum absolute atomic E-state index is 4.41. The summed E-state index contributed by atoms with van der Waals surface area (Å²) in [6, 6.07) is 21.6. The van der Waals surface area contributed by atoms with E-state index in [-0.39, 0.29) is 0 Å². The molecule has 0 amide bonds. The van der Waals surface area contributed by atoms with Gasteiger partial charge >= 0.3 is 0 Å². The van der Waals surface area contributed by atoms with E-state index in [0.29, 0.717) is 6.04 Å². The van der Waals surface area contributed by atoms with Crippen molar-refractivity contribution in [2.75, 3.05) is 19.6 Å². The molecule has 1 aliphatic heterocycles. The summed E-state index contributed by atoms with van der Waals surface area (Å²) in [7, 11) is 0. The molecule has 2 aromatic carbocycles. The number of nitrogens with zero attached hydrogens (tertiary/aromatic N) is 3. The second-order valence-electron chi connectivity index (χ2n) is 6.66. The fraction of sp³-hybridized carbons (Fsp3) is 0.286. The monoisotopic (exact) mass is 332 g/mol. The molecule has 25 heavy (non-hydrogen) atoms. The first-order chi connectivity index (χ1) is 12.4. The third kappa shape index (κ3) is 3.98. The van der Waals surface area contributed by atoms with Crippen LogP contribution >= 0.6 is 0 Å². The van der Waals surface area contributed by atoms with Crippen molar-refractivity contribution in [3.05, 3.63) is 90.0 Å². The zero-order valence-corrected chi connectivity index (χ0v) is 14.4. The average Bonchev–Trinajstić information content (AvgIpc) is 3.12. The summed E-state index contributed by atoms with van der Waals surface area (Å²) in [5.41, 5.74) is 3.95. The number of nitrogens with one attached hydrogen (secondary N) is 1. The zero-order chi connectivity index (χ0) is 16.9. The molecule has 1 unspecified atom stereocenters. The number of rotatable bonds is 5. The van der Waals surface area contributed by atoms with E-state index < -0.39 is 0 Å². The van der Waals surface area contributed by atoms with Crippen molar-refractivity contribution in [1.82, 2.24) is 19.8 Å². The predicted octanol–water partition coefficient (Wildman–Crippen LogP) is 3.08. The molecule has 4 nitrogen and oxygen atoms in total. The maximum atomic E-state index is 4.41. The van der Waals surface area contributed by atoms with Gasteiger partial charge in [0.15, 0.2) is 0 Å². The third-order valence-electron chi connectivity index (χ3n) is 4.81. The summed E-state index contributed by atoms with van der Waals surface area (Å²) in [4.78, 5) is 6.93. The van der Waals surface area contributed by atoms with Crippen molar-refractivity contribution in [2.45, 2.75) is 19.1 Å². The van der Waals surface area contributed by atoms with Crippen LogP contribution in [0.4, 0.5) is 0 Å². The Kier molecular flexibility index (Phi) is 4.91. The minimum absolute atomic E-state index is 0.323. The van der Waals surface area contributed by atoms with Gasteiger partial charge in [-0.25, -0.2) is 4.98 Å². The minimum atomic E-state index is 0.323. The van der Waals surface area contributed by atoms with Gasteiger partial charge in [-0.15, -0.1) is 0 Å². The average molecular weight is 332 g/mol. The molecule has 0 aliphatic carbocycles.